The van der Waals surface area contributed by atoms with Gasteiger partial charge in [0.25, 0.3) is 0 Å². The van der Waals surface area contributed by atoms with E-state index in [0.29, 0.717) is 0 Å². The summed E-state index contributed by atoms with van der Waals surface area (Å²) in [7, 11) is 0. The molecule has 2 aliphatic carbocycles. The van der Waals surface area contributed by atoms with Crippen LogP contribution < -0.4 is 10.6 Å². The summed E-state index contributed by atoms with van der Waals surface area (Å²) in [5.41, 5.74) is 0. The molecule has 4 atom stereocenters. The van der Waals surface area contributed by atoms with E-state index in [1.807, 2.05) is 27.7 Å². The second-order valence-electron chi connectivity index (χ2n) is 6.33. The largest absolute Gasteiger partial charge is 0.354 e. The number of amides is 2. The van der Waals surface area contributed by atoms with Gasteiger partial charge in [-0.1, -0.05) is 12.2 Å². The molecule has 106 valence electrons. The lowest BCUT2D eigenvalue weighted by molar-refractivity contribution is -0.136. The predicted octanol–water partition coefficient (Wildman–Crippen LogP) is 1.47. The van der Waals surface area contributed by atoms with Crippen LogP contribution in [0.5, 0.6) is 0 Å². The lowest BCUT2D eigenvalue weighted by Gasteiger charge is -2.27. The first kappa shape index (κ1) is 14.1. The smallest absolute Gasteiger partial charge is 0.224 e. The van der Waals surface area contributed by atoms with Crippen LogP contribution in [-0.4, -0.2) is 23.9 Å². The van der Waals surface area contributed by atoms with E-state index in [4.69, 9.17) is 0 Å². The van der Waals surface area contributed by atoms with E-state index in [2.05, 4.69) is 22.8 Å². The van der Waals surface area contributed by atoms with Crippen molar-refractivity contribution >= 4 is 11.8 Å². The van der Waals surface area contributed by atoms with Crippen molar-refractivity contribution in [1.82, 2.24) is 10.6 Å². The van der Waals surface area contributed by atoms with Crippen molar-refractivity contribution in [1.29, 1.82) is 0 Å². The van der Waals surface area contributed by atoms with Crippen molar-refractivity contribution in [3.63, 3.8) is 0 Å². The second-order valence-corrected chi connectivity index (χ2v) is 6.33. The van der Waals surface area contributed by atoms with Crippen LogP contribution in [0, 0.1) is 23.7 Å². The van der Waals surface area contributed by atoms with E-state index in [-0.39, 0.29) is 47.6 Å². The number of rotatable bonds is 4. The molecule has 4 nitrogen and oxygen atoms in total. The molecule has 0 radical (unpaired) electrons. The van der Waals surface area contributed by atoms with E-state index >= 15 is 0 Å². The summed E-state index contributed by atoms with van der Waals surface area (Å²) in [4.78, 5) is 24.6. The Labute approximate surface area is 115 Å². The average Bonchev–Trinajstić information content (AvgIpc) is 2.85. The van der Waals surface area contributed by atoms with Crippen LogP contribution in [0.15, 0.2) is 12.2 Å². The van der Waals surface area contributed by atoms with Crippen LogP contribution in [0.3, 0.4) is 0 Å². The standard InChI is InChI=1S/C15H24N2O2/c1-8(2)16-14(18)12-10-5-6-11(7-10)13(12)15(19)17-9(3)4/h5-6,8-13H,7H2,1-4H3,(H,16,18)(H,17,19)/t10-,11-,12-,13-/m0/s1. The highest BCUT2D eigenvalue weighted by atomic mass is 16.2. The molecule has 2 amide bonds. The molecule has 0 unspecified atom stereocenters. The normalized spacial score (nSPS) is 32.1. The van der Waals surface area contributed by atoms with Gasteiger partial charge < -0.3 is 10.6 Å². The van der Waals surface area contributed by atoms with Gasteiger partial charge in [-0.25, -0.2) is 0 Å². The van der Waals surface area contributed by atoms with Gasteiger partial charge in [-0.2, -0.15) is 0 Å². The molecule has 1 fully saturated rings. The first-order valence-corrected chi connectivity index (χ1v) is 7.19. The molecule has 0 spiro atoms. The number of nitrogens with one attached hydrogen (secondary N) is 2. The van der Waals surface area contributed by atoms with E-state index in [9.17, 15) is 9.59 Å². The van der Waals surface area contributed by atoms with Crippen LogP contribution in [0.4, 0.5) is 0 Å². The van der Waals surface area contributed by atoms with E-state index in [0.717, 1.165) is 6.42 Å². The Kier molecular flexibility index (Phi) is 3.97. The fraction of sp³-hybridized carbons (Fsp3) is 0.733. The molecule has 4 heteroatoms. The van der Waals surface area contributed by atoms with Crippen LogP contribution in [0.1, 0.15) is 34.1 Å². The third kappa shape index (κ3) is 2.82. The Balaban J connectivity index is 2.13. The van der Waals surface area contributed by atoms with E-state index in [1.165, 1.54) is 0 Å². The first-order valence-electron chi connectivity index (χ1n) is 7.19. The molecular weight excluding hydrogens is 240 g/mol. The number of carbonyl (C=O) groups is 2. The lowest BCUT2D eigenvalue weighted by Crippen LogP contribution is -2.46. The molecule has 0 aromatic heterocycles. The molecule has 0 aromatic rings. The van der Waals surface area contributed by atoms with Crippen LogP contribution in [0.2, 0.25) is 0 Å². The molecule has 2 bridgehead atoms. The van der Waals surface area contributed by atoms with Gasteiger partial charge in [0.15, 0.2) is 0 Å². The maximum absolute atomic E-state index is 12.3. The molecule has 0 heterocycles. The SMILES string of the molecule is CC(C)NC(=O)[C@@H]1[C@@H](C(=O)NC(C)C)[C@H]2C=C[C@H]1C2. The minimum atomic E-state index is -0.198. The molecule has 0 aromatic carbocycles. The fourth-order valence-electron chi connectivity index (χ4n) is 3.30. The maximum Gasteiger partial charge on any atom is 0.224 e. The summed E-state index contributed by atoms with van der Waals surface area (Å²) >= 11 is 0. The molecule has 0 aliphatic heterocycles. The van der Waals surface area contributed by atoms with Gasteiger partial charge in [0.1, 0.15) is 0 Å². The van der Waals surface area contributed by atoms with Crippen LogP contribution in [-0.2, 0) is 9.59 Å². The molecule has 2 aliphatic rings. The quantitative estimate of drug-likeness (QED) is 0.756. The molecule has 2 N–H and O–H groups in total. The summed E-state index contributed by atoms with van der Waals surface area (Å²) in [6.45, 7) is 7.79. The summed E-state index contributed by atoms with van der Waals surface area (Å²) < 4.78 is 0. The minimum Gasteiger partial charge on any atom is -0.354 e. The third-order valence-electron chi connectivity index (χ3n) is 3.93. The average molecular weight is 264 g/mol. The molecular formula is C15H24N2O2. The number of hydrogen-bond acceptors (Lipinski definition) is 2. The van der Waals surface area contributed by atoms with Gasteiger partial charge in [0, 0.05) is 12.1 Å². The summed E-state index contributed by atoms with van der Waals surface area (Å²) in [5, 5.41) is 5.91. The summed E-state index contributed by atoms with van der Waals surface area (Å²) in [5.74, 6) is 0.108. The zero-order valence-electron chi connectivity index (χ0n) is 12.1. The molecule has 1 saturated carbocycles. The van der Waals surface area contributed by atoms with E-state index < -0.39 is 0 Å². The summed E-state index contributed by atoms with van der Waals surface area (Å²) in [6.07, 6.45) is 5.15. The second kappa shape index (κ2) is 5.35. The zero-order chi connectivity index (χ0) is 14.2. The van der Waals surface area contributed by atoms with Gasteiger partial charge in [0.2, 0.25) is 11.8 Å². The maximum atomic E-state index is 12.3. The van der Waals surface area contributed by atoms with E-state index in [1.54, 1.807) is 0 Å². The Hall–Kier alpha value is -1.32. The zero-order valence-corrected chi connectivity index (χ0v) is 12.1. The van der Waals surface area contributed by atoms with Gasteiger partial charge in [-0.15, -0.1) is 0 Å². The van der Waals surface area contributed by atoms with Crippen molar-refractivity contribution in [2.45, 2.75) is 46.2 Å². The molecule has 19 heavy (non-hydrogen) atoms. The van der Waals surface area contributed by atoms with Gasteiger partial charge in [-0.05, 0) is 46.0 Å². The monoisotopic (exact) mass is 264 g/mol. The number of allylic oxidation sites excluding steroid dienone is 2. The van der Waals surface area contributed by atoms with Crippen molar-refractivity contribution in [3.8, 4) is 0 Å². The summed E-state index contributed by atoms with van der Waals surface area (Å²) in [6, 6.07) is 0.230. The Morgan fingerprint density at radius 3 is 1.58 bits per heavy atom. The fourth-order valence-corrected chi connectivity index (χ4v) is 3.30. The topological polar surface area (TPSA) is 58.2 Å². The molecule has 0 saturated heterocycles. The number of carbonyl (C=O) groups excluding carboxylic acids is 2. The highest BCUT2D eigenvalue weighted by Crippen LogP contribution is 2.48. The highest BCUT2D eigenvalue weighted by Gasteiger charge is 2.51. The Morgan fingerprint density at radius 1 is 0.895 bits per heavy atom. The van der Waals surface area contributed by atoms with Gasteiger partial charge in [0.05, 0.1) is 11.8 Å². The third-order valence-corrected chi connectivity index (χ3v) is 3.93. The Bertz CT molecular complexity index is 365. The van der Waals surface area contributed by atoms with Crippen LogP contribution >= 0.6 is 0 Å². The number of fused-ring (bicyclic) bond motifs is 2. The lowest BCUT2D eigenvalue weighted by atomic mass is 9.81. The van der Waals surface area contributed by atoms with Crippen molar-refractivity contribution in [2.24, 2.45) is 23.7 Å². The van der Waals surface area contributed by atoms with Crippen molar-refractivity contribution in [2.75, 3.05) is 0 Å². The minimum absolute atomic E-state index is 0.0238. The first-order chi connectivity index (χ1) is 8.90. The molecule has 2 rings (SSSR count). The van der Waals surface area contributed by atoms with Crippen molar-refractivity contribution < 1.29 is 9.59 Å². The number of hydrogen-bond donors (Lipinski definition) is 2. The Morgan fingerprint density at radius 2 is 1.26 bits per heavy atom. The van der Waals surface area contributed by atoms with Crippen LogP contribution in [0.25, 0.3) is 0 Å². The highest BCUT2D eigenvalue weighted by molar-refractivity contribution is 5.90. The van der Waals surface area contributed by atoms with Gasteiger partial charge >= 0.3 is 0 Å². The van der Waals surface area contributed by atoms with Gasteiger partial charge in [-0.3, -0.25) is 9.59 Å². The van der Waals surface area contributed by atoms with Crippen molar-refractivity contribution in [3.05, 3.63) is 12.2 Å². The predicted molar refractivity (Wildman–Crippen MR) is 74.3 cm³/mol.